The minimum atomic E-state index is -0.724. The molecule has 1 aromatic carbocycles. The third kappa shape index (κ3) is 3.77. The lowest BCUT2D eigenvalue weighted by Crippen LogP contribution is -2.34. The Balaban J connectivity index is 3.03. The van der Waals surface area contributed by atoms with Crippen LogP contribution in [0.5, 0.6) is 0 Å². The summed E-state index contributed by atoms with van der Waals surface area (Å²) in [5.41, 5.74) is 6.67. The van der Waals surface area contributed by atoms with E-state index in [2.05, 4.69) is 10.5 Å². The molecule has 0 spiro atoms. The average molecular weight is 318 g/mol. The zero-order valence-corrected chi connectivity index (χ0v) is 12.8. The summed E-state index contributed by atoms with van der Waals surface area (Å²) >= 11 is 12.2. The molecule has 4 N–H and O–H groups in total. The Bertz CT molecular complexity index is 533. The van der Waals surface area contributed by atoms with Gasteiger partial charge in [-0.2, -0.15) is 0 Å². The minimum Gasteiger partial charge on any atom is -0.409 e. The molecule has 1 aromatic rings. The van der Waals surface area contributed by atoms with Gasteiger partial charge in [0.1, 0.15) is 0 Å². The van der Waals surface area contributed by atoms with Crippen LogP contribution in [-0.4, -0.2) is 17.0 Å². The Labute approximate surface area is 127 Å². The Morgan fingerprint density at radius 3 is 2.70 bits per heavy atom. The molecule has 0 saturated carbocycles. The van der Waals surface area contributed by atoms with Crippen molar-refractivity contribution in [3.8, 4) is 0 Å². The van der Waals surface area contributed by atoms with Gasteiger partial charge in [0.15, 0.2) is 5.84 Å². The first kappa shape index (κ1) is 16.6. The van der Waals surface area contributed by atoms with Crippen LogP contribution in [0.15, 0.2) is 17.3 Å². The lowest BCUT2D eigenvalue weighted by atomic mass is 10.0. The summed E-state index contributed by atoms with van der Waals surface area (Å²) < 4.78 is 0. The molecule has 0 aromatic heterocycles. The van der Waals surface area contributed by atoms with Crippen molar-refractivity contribution in [3.05, 3.63) is 27.7 Å². The fraction of sp³-hybridized carbons (Fsp3) is 0.385. The van der Waals surface area contributed by atoms with Gasteiger partial charge in [-0.15, -0.1) is 0 Å². The molecule has 0 aliphatic heterocycles. The number of hydrogen-bond donors (Lipinski definition) is 3. The standard InChI is InChI=1S/C13H17Cl2N3O2/c1-3-4-8(12(16)18-20)13(19)17-11-9(14)6-5-7(2)10(11)15/h5-6,8,20H,3-4H2,1-2H3,(H2,16,18)(H,17,19). The number of rotatable bonds is 5. The number of aryl methyl sites for hydroxylation is 1. The van der Waals surface area contributed by atoms with Crippen molar-refractivity contribution in [2.24, 2.45) is 16.8 Å². The predicted molar refractivity (Wildman–Crippen MR) is 81.6 cm³/mol. The molecule has 20 heavy (non-hydrogen) atoms. The van der Waals surface area contributed by atoms with E-state index in [1.54, 1.807) is 19.1 Å². The van der Waals surface area contributed by atoms with Crippen LogP contribution in [0, 0.1) is 12.8 Å². The number of hydrogen-bond acceptors (Lipinski definition) is 3. The molecule has 0 aliphatic carbocycles. The number of nitrogens with zero attached hydrogens (tertiary/aromatic N) is 1. The summed E-state index contributed by atoms with van der Waals surface area (Å²) in [7, 11) is 0. The van der Waals surface area contributed by atoms with Gasteiger partial charge in [-0.3, -0.25) is 4.79 Å². The van der Waals surface area contributed by atoms with Crippen molar-refractivity contribution < 1.29 is 10.0 Å². The van der Waals surface area contributed by atoms with Gasteiger partial charge in [0.2, 0.25) is 5.91 Å². The number of anilines is 1. The molecule has 1 unspecified atom stereocenters. The number of carbonyl (C=O) groups excluding carboxylic acids is 1. The molecular weight excluding hydrogens is 301 g/mol. The zero-order valence-electron chi connectivity index (χ0n) is 11.3. The van der Waals surface area contributed by atoms with Crippen LogP contribution in [0.2, 0.25) is 10.0 Å². The largest absolute Gasteiger partial charge is 0.409 e. The fourth-order valence-electron chi connectivity index (χ4n) is 1.75. The van der Waals surface area contributed by atoms with Gasteiger partial charge < -0.3 is 16.3 Å². The highest BCUT2D eigenvalue weighted by atomic mass is 35.5. The second-order valence-corrected chi connectivity index (χ2v) is 5.19. The van der Waals surface area contributed by atoms with Gasteiger partial charge in [0.05, 0.1) is 21.7 Å². The van der Waals surface area contributed by atoms with E-state index in [1.165, 1.54) is 0 Å². The monoisotopic (exact) mass is 317 g/mol. The second-order valence-electron chi connectivity index (χ2n) is 4.41. The third-order valence-electron chi connectivity index (χ3n) is 2.90. The number of nitrogens with one attached hydrogen (secondary N) is 1. The SMILES string of the molecule is CCCC(C(=O)Nc1c(Cl)ccc(C)c1Cl)C(N)=NO. The minimum absolute atomic E-state index is 0.135. The highest BCUT2D eigenvalue weighted by Gasteiger charge is 2.24. The predicted octanol–water partition coefficient (Wildman–Crippen LogP) is 3.40. The van der Waals surface area contributed by atoms with Gasteiger partial charge >= 0.3 is 0 Å². The summed E-state index contributed by atoms with van der Waals surface area (Å²) in [6, 6.07) is 3.41. The lowest BCUT2D eigenvalue weighted by molar-refractivity contribution is -0.118. The molecule has 7 heteroatoms. The van der Waals surface area contributed by atoms with Crippen LogP contribution in [-0.2, 0) is 4.79 Å². The molecule has 110 valence electrons. The van der Waals surface area contributed by atoms with E-state index in [0.29, 0.717) is 28.6 Å². The van der Waals surface area contributed by atoms with Crippen LogP contribution in [0.4, 0.5) is 5.69 Å². The van der Waals surface area contributed by atoms with Gasteiger partial charge in [0.25, 0.3) is 0 Å². The van der Waals surface area contributed by atoms with Crippen molar-refractivity contribution >= 4 is 40.6 Å². The van der Waals surface area contributed by atoms with Crippen LogP contribution in [0.1, 0.15) is 25.3 Å². The number of benzene rings is 1. The van der Waals surface area contributed by atoms with Crippen molar-refractivity contribution in [2.45, 2.75) is 26.7 Å². The van der Waals surface area contributed by atoms with Gasteiger partial charge in [0, 0.05) is 0 Å². The van der Waals surface area contributed by atoms with E-state index in [-0.39, 0.29) is 5.84 Å². The molecule has 1 rings (SSSR count). The Hall–Kier alpha value is -1.46. The average Bonchev–Trinajstić information content (AvgIpc) is 2.44. The summed E-state index contributed by atoms with van der Waals surface area (Å²) in [6.45, 7) is 3.71. The Kier molecular flexibility index (Phi) is 6.10. The maximum atomic E-state index is 12.2. The van der Waals surface area contributed by atoms with Crippen molar-refractivity contribution in [1.29, 1.82) is 0 Å². The van der Waals surface area contributed by atoms with E-state index >= 15 is 0 Å². The summed E-state index contributed by atoms with van der Waals surface area (Å²) in [6.07, 6.45) is 1.17. The zero-order chi connectivity index (χ0) is 15.3. The first-order chi connectivity index (χ1) is 9.42. The molecule has 0 aliphatic rings. The molecule has 0 heterocycles. The van der Waals surface area contributed by atoms with Crippen molar-refractivity contribution in [3.63, 3.8) is 0 Å². The van der Waals surface area contributed by atoms with E-state index in [0.717, 1.165) is 5.56 Å². The van der Waals surface area contributed by atoms with Crippen molar-refractivity contribution in [1.82, 2.24) is 0 Å². The summed E-state index contributed by atoms with van der Waals surface area (Å²) in [5, 5.41) is 15.0. The molecule has 0 bridgehead atoms. The highest BCUT2D eigenvalue weighted by Crippen LogP contribution is 2.33. The molecule has 0 radical (unpaired) electrons. The molecule has 1 amide bonds. The number of carbonyl (C=O) groups is 1. The van der Waals surface area contributed by atoms with Crippen LogP contribution in [0.25, 0.3) is 0 Å². The number of oxime groups is 1. The first-order valence-corrected chi connectivity index (χ1v) is 6.90. The van der Waals surface area contributed by atoms with E-state index in [1.807, 2.05) is 6.92 Å². The van der Waals surface area contributed by atoms with Crippen molar-refractivity contribution in [2.75, 3.05) is 5.32 Å². The van der Waals surface area contributed by atoms with Gasteiger partial charge in [-0.1, -0.05) is 47.8 Å². The maximum absolute atomic E-state index is 12.2. The summed E-state index contributed by atoms with van der Waals surface area (Å²) in [4.78, 5) is 12.2. The molecule has 5 nitrogen and oxygen atoms in total. The van der Waals surface area contributed by atoms with Crippen LogP contribution >= 0.6 is 23.2 Å². The second kappa shape index (κ2) is 7.36. The Morgan fingerprint density at radius 2 is 2.15 bits per heavy atom. The van der Waals surface area contributed by atoms with Gasteiger partial charge in [-0.25, -0.2) is 0 Å². The van der Waals surface area contributed by atoms with E-state index in [9.17, 15) is 4.79 Å². The quantitative estimate of drug-likeness (QED) is 0.336. The highest BCUT2D eigenvalue weighted by molar-refractivity contribution is 6.40. The lowest BCUT2D eigenvalue weighted by Gasteiger charge is -2.16. The maximum Gasteiger partial charge on any atom is 0.235 e. The molecule has 1 atom stereocenters. The number of amides is 1. The number of amidine groups is 1. The topological polar surface area (TPSA) is 87.7 Å². The third-order valence-corrected chi connectivity index (χ3v) is 3.70. The van der Waals surface area contributed by atoms with E-state index < -0.39 is 11.8 Å². The Morgan fingerprint density at radius 1 is 1.50 bits per heavy atom. The molecule has 0 fully saturated rings. The van der Waals surface area contributed by atoms with E-state index in [4.69, 9.17) is 34.1 Å². The van der Waals surface area contributed by atoms with Gasteiger partial charge in [-0.05, 0) is 25.0 Å². The fourth-order valence-corrected chi connectivity index (χ4v) is 2.22. The van der Waals surface area contributed by atoms with Crippen LogP contribution < -0.4 is 11.1 Å². The summed E-state index contributed by atoms with van der Waals surface area (Å²) in [5.74, 6) is -1.27. The normalized spacial score (nSPS) is 13.1. The molecule has 0 saturated heterocycles. The molecular formula is C13H17Cl2N3O2. The smallest absolute Gasteiger partial charge is 0.235 e. The van der Waals surface area contributed by atoms with Crippen LogP contribution in [0.3, 0.4) is 0 Å². The number of nitrogens with two attached hydrogens (primary N) is 1. The number of halogens is 2. The first-order valence-electron chi connectivity index (χ1n) is 6.15.